The number of hydrogen-bond acceptors (Lipinski definition) is 4. The van der Waals surface area contributed by atoms with Crippen molar-refractivity contribution in [3.63, 3.8) is 0 Å². The third kappa shape index (κ3) is 4.05. The summed E-state index contributed by atoms with van der Waals surface area (Å²) in [7, 11) is 0. The van der Waals surface area contributed by atoms with Gasteiger partial charge in [0.15, 0.2) is 0 Å². The van der Waals surface area contributed by atoms with Gasteiger partial charge in [0.25, 0.3) is 0 Å². The number of aromatic carboxylic acids is 1. The Morgan fingerprint density at radius 2 is 2.19 bits per heavy atom. The third-order valence-electron chi connectivity index (χ3n) is 1.93. The van der Waals surface area contributed by atoms with E-state index < -0.39 is 5.97 Å². The number of aromatic nitrogens is 1. The van der Waals surface area contributed by atoms with Crippen molar-refractivity contribution in [2.75, 3.05) is 6.54 Å². The topological polar surface area (TPSA) is 105 Å². The van der Waals surface area contributed by atoms with Crippen LogP contribution in [0.5, 0.6) is 0 Å². The quantitative estimate of drug-likeness (QED) is 0.576. The molecule has 0 unspecified atom stereocenters. The number of rotatable bonds is 6. The van der Waals surface area contributed by atoms with E-state index >= 15 is 0 Å². The first-order valence-electron chi connectivity index (χ1n) is 4.77. The zero-order chi connectivity index (χ0) is 12.0. The summed E-state index contributed by atoms with van der Waals surface area (Å²) in [4.78, 5) is 24.9. The molecule has 1 heterocycles. The number of pyridine rings is 1. The van der Waals surface area contributed by atoms with Crippen molar-refractivity contribution in [3.05, 3.63) is 29.6 Å². The Labute approximate surface area is 92.5 Å². The Balaban J connectivity index is 2.38. The van der Waals surface area contributed by atoms with Gasteiger partial charge in [0.1, 0.15) is 0 Å². The smallest absolute Gasteiger partial charge is 0.337 e. The van der Waals surface area contributed by atoms with Crippen LogP contribution in [-0.4, -0.2) is 28.5 Å². The molecular formula is C10H13N3O3. The van der Waals surface area contributed by atoms with E-state index in [-0.39, 0.29) is 17.9 Å². The lowest BCUT2D eigenvalue weighted by molar-refractivity contribution is -0.117. The molecule has 1 aromatic heterocycles. The number of nitrogens with zero attached hydrogens (tertiary/aromatic N) is 1. The monoisotopic (exact) mass is 223 g/mol. The minimum atomic E-state index is -0.999. The largest absolute Gasteiger partial charge is 0.478 e. The van der Waals surface area contributed by atoms with Crippen molar-refractivity contribution < 1.29 is 14.7 Å². The zero-order valence-corrected chi connectivity index (χ0v) is 8.64. The number of carboxylic acids is 1. The SMILES string of the molecule is NC(=O)CCNCc1ccc(C(=O)O)cn1. The van der Waals surface area contributed by atoms with E-state index in [9.17, 15) is 9.59 Å². The molecule has 0 spiro atoms. The van der Waals surface area contributed by atoms with Crippen molar-refractivity contribution >= 4 is 11.9 Å². The second kappa shape index (κ2) is 5.82. The number of nitrogens with one attached hydrogen (secondary N) is 1. The fourth-order valence-electron chi connectivity index (χ4n) is 1.08. The van der Waals surface area contributed by atoms with E-state index in [2.05, 4.69) is 10.3 Å². The Hall–Kier alpha value is -1.95. The molecule has 6 heteroatoms. The summed E-state index contributed by atoms with van der Waals surface area (Å²) in [6, 6.07) is 3.11. The number of primary amides is 1. The molecule has 0 saturated heterocycles. The average molecular weight is 223 g/mol. The number of nitrogens with two attached hydrogens (primary N) is 1. The second-order valence-electron chi connectivity index (χ2n) is 3.24. The molecule has 0 saturated carbocycles. The highest BCUT2D eigenvalue weighted by atomic mass is 16.4. The van der Waals surface area contributed by atoms with Gasteiger partial charge in [-0.2, -0.15) is 0 Å². The number of amides is 1. The van der Waals surface area contributed by atoms with Crippen LogP contribution in [0.4, 0.5) is 0 Å². The molecule has 0 aliphatic carbocycles. The highest BCUT2D eigenvalue weighted by Crippen LogP contribution is 1.99. The molecule has 0 atom stereocenters. The van der Waals surface area contributed by atoms with Crippen LogP contribution in [0, 0.1) is 0 Å². The molecule has 0 aromatic carbocycles. The summed E-state index contributed by atoms with van der Waals surface area (Å²) in [5.41, 5.74) is 5.84. The zero-order valence-electron chi connectivity index (χ0n) is 8.64. The Kier molecular flexibility index (Phi) is 4.41. The summed E-state index contributed by atoms with van der Waals surface area (Å²) >= 11 is 0. The molecule has 1 amide bonds. The van der Waals surface area contributed by atoms with Gasteiger partial charge in [0.2, 0.25) is 5.91 Å². The van der Waals surface area contributed by atoms with Crippen LogP contribution in [0.25, 0.3) is 0 Å². The lowest BCUT2D eigenvalue weighted by atomic mass is 10.2. The molecule has 4 N–H and O–H groups in total. The Morgan fingerprint density at radius 3 is 2.69 bits per heavy atom. The fraction of sp³-hybridized carbons (Fsp3) is 0.300. The first-order chi connectivity index (χ1) is 7.59. The van der Waals surface area contributed by atoms with E-state index in [0.29, 0.717) is 13.1 Å². The highest BCUT2D eigenvalue weighted by Gasteiger charge is 2.02. The van der Waals surface area contributed by atoms with E-state index in [1.807, 2.05) is 0 Å². The molecule has 0 aliphatic heterocycles. The predicted molar refractivity (Wildman–Crippen MR) is 56.7 cm³/mol. The molecule has 0 radical (unpaired) electrons. The van der Waals surface area contributed by atoms with Gasteiger partial charge in [-0.1, -0.05) is 0 Å². The molecule has 6 nitrogen and oxygen atoms in total. The average Bonchev–Trinajstić information content (AvgIpc) is 2.25. The van der Waals surface area contributed by atoms with Gasteiger partial charge in [-0.15, -0.1) is 0 Å². The molecule has 1 rings (SSSR count). The number of carboxylic acid groups (broad SMARTS) is 1. The standard InChI is InChI=1S/C10H13N3O3/c11-9(14)3-4-12-6-8-2-1-7(5-13-8)10(15)16/h1-2,5,12H,3-4,6H2,(H2,11,14)(H,15,16). The summed E-state index contributed by atoms with van der Waals surface area (Å²) in [6.45, 7) is 0.963. The van der Waals surface area contributed by atoms with Gasteiger partial charge in [0, 0.05) is 25.7 Å². The lowest BCUT2D eigenvalue weighted by Gasteiger charge is -2.02. The normalized spacial score (nSPS) is 10.0. The summed E-state index contributed by atoms with van der Waals surface area (Å²) < 4.78 is 0. The number of carbonyl (C=O) groups is 2. The lowest BCUT2D eigenvalue weighted by Crippen LogP contribution is -2.22. The van der Waals surface area contributed by atoms with Crippen LogP contribution in [0.1, 0.15) is 22.5 Å². The maximum absolute atomic E-state index is 10.5. The fourth-order valence-corrected chi connectivity index (χ4v) is 1.08. The molecule has 0 aliphatic rings. The van der Waals surface area contributed by atoms with Crippen LogP contribution in [0.3, 0.4) is 0 Å². The molecular weight excluding hydrogens is 210 g/mol. The van der Waals surface area contributed by atoms with Crippen molar-refractivity contribution in [3.8, 4) is 0 Å². The van der Waals surface area contributed by atoms with Crippen molar-refractivity contribution in [2.24, 2.45) is 5.73 Å². The summed E-state index contributed by atoms with van der Waals surface area (Å²) in [5, 5.41) is 11.6. The van der Waals surface area contributed by atoms with Gasteiger partial charge >= 0.3 is 5.97 Å². The van der Waals surface area contributed by atoms with Gasteiger partial charge in [-0.25, -0.2) is 4.79 Å². The van der Waals surface area contributed by atoms with Gasteiger partial charge < -0.3 is 16.2 Å². The highest BCUT2D eigenvalue weighted by molar-refractivity contribution is 5.87. The van der Waals surface area contributed by atoms with Crippen molar-refractivity contribution in [1.82, 2.24) is 10.3 Å². The number of carbonyl (C=O) groups excluding carboxylic acids is 1. The van der Waals surface area contributed by atoms with Crippen LogP contribution in [-0.2, 0) is 11.3 Å². The van der Waals surface area contributed by atoms with E-state index in [4.69, 9.17) is 10.8 Å². The minimum absolute atomic E-state index is 0.154. The molecule has 16 heavy (non-hydrogen) atoms. The Bertz CT molecular complexity index is 375. The van der Waals surface area contributed by atoms with Crippen LogP contribution < -0.4 is 11.1 Å². The molecule has 86 valence electrons. The maximum atomic E-state index is 10.5. The van der Waals surface area contributed by atoms with E-state index in [1.54, 1.807) is 6.07 Å². The van der Waals surface area contributed by atoms with Gasteiger partial charge in [0.05, 0.1) is 11.3 Å². The summed E-state index contributed by atoms with van der Waals surface area (Å²) in [5.74, 6) is -1.36. The van der Waals surface area contributed by atoms with Gasteiger partial charge in [-0.3, -0.25) is 9.78 Å². The van der Waals surface area contributed by atoms with Crippen LogP contribution >= 0.6 is 0 Å². The third-order valence-corrected chi connectivity index (χ3v) is 1.93. The minimum Gasteiger partial charge on any atom is -0.478 e. The van der Waals surface area contributed by atoms with E-state index in [0.717, 1.165) is 5.69 Å². The molecule has 0 fully saturated rings. The number of hydrogen-bond donors (Lipinski definition) is 3. The van der Waals surface area contributed by atoms with Crippen molar-refractivity contribution in [1.29, 1.82) is 0 Å². The summed E-state index contributed by atoms with van der Waals surface area (Å²) in [6.07, 6.45) is 1.57. The van der Waals surface area contributed by atoms with Crippen molar-refractivity contribution in [2.45, 2.75) is 13.0 Å². The Morgan fingerprint density at radius 1 is 1.44 bits per heavy atom. The van der Waals surface area contributed by atoms with Crippen LogP contribution in [0.2, 0.25) is 0 Å². The first kappa shape index (κ1) is 12.1. The van der Waals surface area contributed by atoms with Gasteiger partial charge in [-0.05, 0) is 12.1 Å². The van der Waals surface area contributed by atoms with Crippen LogP contribution in [0.15, 0.2) is 18.3 Å². The molecule has 1 aromatic rings. The second-order valence-corrected chi connectivity index (χ2v) is 3.24. The molecule has 0 bridgehead atoms. The maximum Gasteiger partial charge on any atom is 0.337 e. The van der Waals surface area contributed by atoms with E-state index in [1.165, 1.54) is 12.3 Å². The first-order valence-corrected chi connectivity index (χ1v) is 4.77. The predicted octanol–water partition coefficient (Wildman–Crippen LogP) is -0.255.